The molecule has 0 aliphatic carbocycles. The number of benzene rings is 2. The lowest BCUT2D eigenvalue weighted by Crippen LogP contribution is -2.47. The Kier molecular flexibility index (Phi) is 6.04. The Hall–Kier alpha value is -4.05. The van der Waals surface area contributed by atoms with Crippen molar-refractivity contribution in [1.82, 2.24) is 19.4 Å². The summed E-state index contributed by atoms with van der Waals surface area (Å²) in [6.07, 6.45) is 1.62. The predicted molar refractivity (Wildman–Crippen MR) is 129 cm³/mol. The number of anilines is 2. The number of ether oxygens (including phenoxy) is 1. The van der Waals surface area contributed by atoms with Gasteiger partial charge in [-0.25, -0.2) is 23.4 Å². The second kappa shape index (κ2) is 9.30. The number of aromatic nitrogens is 4. The van der Waals surface area contributed by atoms with E-state index in [0.29, 0.717) is 60.5 Å². The molecule has 0 bridgehead atoms. The van der Waals surface area contributed by atoms with E-state index in [4.69, 9.17) is 9.72 Å². The van der Waals surface area contributed by atoms with Crippen LogP contribution in [0.25, 0.3) is 22.5 Å². The quantitative estimate of drug-likeness (QED) is 0.439. The highest BCUT2D eigenvalue weighted by atomic mass is 19.1. The van der Waals surface area contributed by atoms with Crippen LogP contribution in [-0.4, -0.2) is 52.8 Å². The number of hydrogen-bond acceptors (Lipinski definition) is 6. The zero-order chi connectivity index (χ0) is 24.5. The first-order valence-corrected chi connectivity index (χ1v) is 11.2. The normalized spacial score (nSPS) is 13.8. The van der Waals surface area contributed by atoms with Gasteiger partial charge >= 0.3 is 0 Å². The minimum Gasteiger partial charge on any atom is -0.378 e. The van der Waals surface area contributed by atoms with E-state index >= 15 is 0 Å². The third-order valence-corrected chi connectivity index (χ3v) is 6.02. The topological polar surface area (TPSA) is 68.4 Å². The molecule has 10 heteroatoms. The average Bonchev–Trinajstić information content (AvgIpc) is 3.15. The van der Waals surface area contributed by atoms with Crippen LogP contribution in [0.4, 0.5) is 20.4 Å². The fourth-order valence-corrected chi connectivity index (χ4v) is 4.20. The van der Waals surface area contributed by atoms with Crippen LogP contribution in [0.15, 0.2) is 65.6 Å². The zero-order valence-corrected chi connectivity index (χ0v) is 19.4. The summed E-state index contributed by atoms with van der Waals surface area (Å²) in [6, 6.07) is 13.6. The van der Waals surface area contributed by atoms with Crippen molar-refractivity contribution in [2.24, 2.45) is 7.05 Å². The number of rotatable bonds is 5. The molecule has 0 N–H and O–H groups in total. The maximum Gasteiger partial charge on any atom is 0.276 e. The molecule has 5 rings (SSSR count). The summed E-state index contributed by atoms with van der Waals surface area (Å²) in [7, 11) is 3.48. The third-order valence-electron chi connectivity index (χ3n) is 6.02. The van der Waals surface area contributed by atoms with Gasteiger partial charge in [0.05, 0.1) is 37.6 Å². The molecule has 2 aromatic heterocycles. The Morgan fingerprint density at radius 2 is 1.57 bits per heavy atom. The van der Waals surface area contributed by atoms with E-state index < -0.39 is 0 Å². The van der Waals surface area contributed by atoms with E-state index in [-0.39, 0.29) is 17.2 Å². The summed E-state index contributed by atoms with van der Waals surface area (Å²) in [5, 5.41) is 2.03. The van der Waals surface area contributed by atoms with Gasteiger partial charge in [0.2, 0.25) is 5.95 Å². The largest absolute Gasteiger partial charge is 0.378 e. The van der Waals surface area contributed by atoms with Crippen molar-refractivity contribution in [1.29, 1.82) is 0 Å². The van der Waals surface area contributed by atoms with Crippen LogP contribution in [0.1, 0.15) is 0 Å². The third kappa shape index (κ3) is 4.28. The first-order valence-electron chi connectivity index (χ1n) is 11.2. The molecule has 0 atom stereocenters. The van der Waals surface area contributed by atoms with Crippen molar-refractivity contribution in [3.8, 4) is 22.5 Å². The molecule has 0 unspecified atom stereocenters. The molecule has 0 saturated carbocycles. The molecular weight excluding hydrogens is 454 g/mol. The number of morpholine rings is 1. The summed E-state index contributed by atoms with van der Waals surface area (Å²) in [6.45, 7) is 2.23. The molecule has 2 aromatic carbocycles. The van der Waals surface area contributed by atoms with Crippen LogP contribution in [0.2, 0.25) is 0 Å². The van der Waals surface area contributed by atoms with Crippen molar-refractivity contribution in [3.05, 3.63) is 82.8 Å². The molecule has 1 aliphatic rings. The van der Waals surface area contributed by atoms with E-state index in [2.05, 4.69) is 4.98 Å². The van der Waals surface area contributed by atoms with Crippen LogP contribution < -0.4 is 15.5 Å². The summed E-state index contributed by atoms with van der Waals surface area (Å²) < 4.78 is 34.1. The second-order valence-corrected chi connectivity index (χ2v) is 8.19. The lowest BCUT2D eigenvalue weighted by molar-refractivity contribution is 0.107. The van der Waals surface area contributed by atoms with Gasteiger partial charge in [-0.1, -0.05) is 12.1 Å². The lowest BCUT2D eigenvalue weighted by Gasteiger charge is -2.32. The Bertz CT molecular complexity index is 1390. The standard InChI is InChI=1S/C25H24F2N6O2/c1-30(20-9-7-19(27)8-10-20)25-28-12-11-21(29-25)23-22(17-3-5-18(26)6-4-17)24(34)31(2)33(23)32-13-15-35-16-14-32/h3-12H,13-16H2,1-2H3. The fourth-order valence-electron chi connectivity index (χ4n) is 4.20. The Balaban J connectivity index is 1.69. The van der Waals surface area contributed by atoms with Crippen molar-refractivity contribution in [2.45, 2.75) is 0 Å². The molecule has 4 aromatic rings. The van der Waals surface area contributed by atoms with E-state index in [1.807, 2.05) is 9.80 Å². The maximum absolute atomic E-state index is 13.7. The van der Waals surface area contributed by atoms with Gasteiger partial charge in [0.15, 0.2) is 0 Å². The van der Waals surface area contributed by atoms with Gasteiger partial charge in [0, 0.05) is 26.0 Å². The van der Waals surface area contributed by atoms with E-state index in [0.717, 1.165) is 0 Å². The molecule has 35 heavy (non-hydrogen) atoms. The second-order valence-electron chi connectivity index (χ2n) is 8.19. The Morgan fingerprint density at radius 3 is 2.23 bits per heavy atom. The zero-order valence-electron chi connectivity index (χ0n) is 19.4. The summed E-state index contributed by atoms with van der Waals surface area (Å²) in [4.78, 5) is 26.2. The van der Waals surface area contributed by atoms with Crippen LogP contribution in [0.3, 0.4) is 0 Å². The predicted octanol–water partition coefficient (Wildman–Crippen LogP) is 3.33. The van der Waals surface area contributed by atoms with Gasteiger partial charge in [-0.3, -0.25) is 9.80 Å². The summed E-state index contributed by atoms with van der Waals surface area (Å²) in [5.74, 6) is -0.339. The molecule has 1 aliphatic heterocycles. The minimum atomic E-state index is -0.384. The minimum absolute atomic E-state index is 0.231. The Morgan fingerprint density at radius 1 is 0.943 bits per heavy atom. The van der Waals surface area contributed by atoms with Gasteiger partial charge in [0.1, 0.15) is 17.3 Å². The SMILES string of the molecule is CN(c1ccc(F)cc1)c1nccc(-c2c(-c3ccc(F)cc3)c(=O)n(C)n2N2CCOCC2)n1. The Labute approximate surface area is 200 Å². The van der Waals surface area contributed by atoms with Gasteiger partial charge in [-0.15, -0.1) is 0 Å². The lowest BCUT2D eigenvalue weighted by atomic mass is 10.0. The van der Waals surface area contributed by atoms with E-state index in [1.165, 1.54) is 28.9 Å². The molecule has 0 spiro atoms. The summed E-state index contributed by atoms with van der Waals surface area (Å²) in [5.41, 5.74) is 2.56. The van der Waals surface area contributed by atoms with Gasteiger partial charge < -0.3 is 9.64 Å². The van der Waals surface area contributed by atoms with Gasteiger partial charge in [-0.2, -0.15) is 4.79 Å². The highest BCUT2D eigenvalue weighted by molar-refractivity contribution is 5.80. The summed E-state index contributed by atoms with van der Waals surface area (Å²) >= 11 is 0. The smallest absolute Gasteiger partial charge is 0.276 e. The molecular formula is C25H24F2N6O2. The monoisotopic (exact) mass is 478 g/mol. The molecule has 0 amide bonds. The highest BCUT2D eigenvalue weighted by Gasteiger charge is 2.27. The number of halogens is 2. The van der Waals surface area contributed by atoms with Gasteiger partial charge in [-0.05, 0) is 48.0 Å². The molecule has 3 heterocycles. The average molecular weight is 479 g/mol. The first kappa shape index (κ1) is 22.7. The molecule has 0 radical (unpaired) electrons. The van der Waals surface area contributed by atoms with Crippen LogP contribution in [-0.2, 0) is 11.8 Å². The first-order chi connectivity index (χ1) is 16.9. The van der Waals surface area contributed by atoms with Crippen LogP contribution in [0.5, 0.6) is 0 Å². The van der Waals surface area contributed by atoms with E-state index in [1.54, 1.807) is 55.5 Å². The van der Waals surface area contributed by atoms with Crippen molar-refractivity contribution < 1.29 is 13.5 Å². The van der Waals surface area contributed by atoms with Gasteiger partial charge in [0.25, 0.3) is 5.56 Å². The maximum atomic E-state index is 13.7. The number of hydrogen-bond donors (Lipinski definition) is 0. The van der Waals surface area contributed by atoms with Crippen molar-refractivity contribution >= 4 is 11.6 Å². The van der Waals surface area contributed by atoms with Crippen molar-refractivity contribution in [3.63, 3.8) is 0 Å². The molecule has 180 valence electrons. The molecule has 1 saturated heterocycles. The number of nitrogens with zero attached hydrogens (tertiary/aromatic N) is 6. The van der Waals surface area contributed by atoms with Crippen molar-refractivity contribution in [2.75, 3.05) is 43.3 Å². The van der Waals surface area contributed by atoms with Crippen LogP contribution in [0, 0.1) is 11.6 Å². The van der Waals surface area contributed by atoms with E-state index in [9.17, 15) is 13.6 Å². The molecule has 1 fully saturated rings. The van der Waals surface area contributed by atoms with Crippen LogP contribution >= 0.6 is 0 Å². The highest BCUT2D eigenvalue weighted by Crippen LogP contribution is 2.31. The fraction of sp³-hybridized carbons (Fsp3) is 0.240. The molecule has 8 nitrogen and oxygen atoms in total.